The lowest BCUT2D eigenvalue weighted by molar-refractivity contribution is -0.123. The number of furan rings is 1. The van der Waals surface area contributed by atoms with Gasteiger partial charge in [0, 0.05) is 20.0 Å². The van der Waals surface area contributed by atoms with Crippen molar-refractivity contribution in [2.45, 2.75) is 13.5 Å². The molecule has 0 radical (unpaired) electrons. The molecule has 0 aliphatic carbocycles. The molecular weight excluding hydrogens is 334 g/mol. The van der Waals surface area contributed by atoms with E-state index in [1.54, 1.807) is 18.4 Å². The summed E-state index contributed by atoms with van der Waals surface area (Å²) in [5.41, 5.74) is 1.67. The topological polar surface area (TPSA) is 75.0 Å². The Labute approximate surface area is 152 Å². The predicted molar refractivity (Wildman–Crippen MR) is 98.1 cm³/mol. The Balaban J connectivity index is 1.73. The van der Waals surface area contributed by atoms with Crippen molar-refractivity contribution < 1.29 is 18.7 Å². The average molecular weight is 357 g/mol. The van der Waals surface area contributed by atoms with E-state index in [2.05, 4.69) is 10.2 Å². The number of nitrogens with zero attached hydrogens (tertiary/aromatic N) is 2. The number of hydrogen-bond donors (Lipinski definition) is 1. The fourth-order valence-corrected chi connectivity index (χ4v) is 2.93. The molecule has 2 heterocycles. The summed E-state index contributed by atoms with van der Waals surface area (Å²) in [6.45, 7) is 4.53. The number of benzene rings is 1. The van der Waals surface area contributed by atoms with Gasteiger partial charge in [-0.2, -0.15) is 0 Å². The number of anilines is 2. The molecule has 1 saturated heterocycles. The van der Waals surface area contributed by atoms with E-state index in [9.17, 15) is 9.59 Å². The lowest BCUT2D eigenvalue weighted by Gasteiger charge is -2.33. The third kappa shape index (κ3) is 4.43. The number of ether oxygens (including phenoxy) is 1. The summed E-state index contributed by atoms with van der Waals surface area (Å²) in [4.78, 5) is 28.2. The molecule has 1 aliphatic heterocycles. The Hall–Kier alpha value is -2.80. The largest absolute Gasteiger partial charge is 0.467 e. The summed E-state index contributed by atoms with van der Waals surface area (Å²) >= 11 is 0. The highest BCUT2D eigenvalue weighted by Crippen LogP contribution is 2.30. The molecule has 0 atom stereocenters. The maximum atomic E-state index is 12.3. The number of morpholine rings is 1. The van der Waals surface area contributed by atoms with Gasteiger partial charge in [-0.1, -0.05) is 12.1 Å². The highest BCUT2D eigenvalue weighted by Gasteiger charge is 2.22. The van der Waals surface area contributed by atoms with Gasteiger partial charge in [0.15, 0.2) is 0 Å². The Kier molecular flexibility index (Phi) is 5.91. The van der Waals surface area contributed by atoms with Crippen molar-refractivity contribution in [2.75, 3.05) is 42.6 Å². The Bertz CT molecular complexity index is 739. The first-order chi connectivity index (χ1) is 12.6. The summed E-state index contributed by atoms with van der Waals surface area (Å²) in [5.74, 6) is 0.244. The summed E-state index contributed by atoms with van der Waals surface area (Å²) in [5, 5.41) is 2.78. The molecule has 2 aromatic rings. The molecule has 2 amide bonds. The summed E-state index contributed by atoms with van der Waals surface area (Å²) in [7, 11) is 0. The van der Waals surface area contributed by atoms with Crippen molar-refractivity contribution in [3.05, 3.63) is 48.4 Å². The van der Waals surface area contributed by atoms with Gasteiger partial charge in [0.2, 0.25) is 11.8 Å². The number of nitrogens with one attached hydrogen (secondary N) is 1. The minimum absolute atomic E-state index is 0.0443. The van der Waals surface area contributed by atoms with E-state index in [0.29, 0.717) is 25.5 Å². The second-order valence-electron chi connectivity index (χ2n) is 6.05. The van der Waals surface area contributed by atoms with E-state index < -0.39 is 0 Å². The van der Waals surface area contributed by atoms with Crippen molar-refractivity contribution >= 4 is 23.2 Å². The molecule has 3 rings (SSSR count). The van der Waals surface area contributed by atoms with Crippen molar-refractivity contribution in [3.63, 3.8) is 0 Å². The van der Waals surface area contributed by atoms with Crippen LogP contribution < -0.4 is 15.1 Å². The number of para-hydroxylation sites is 2. The van der Waals surface area contributed by atoms with E-state index in [4.69, 9.17) is 9.15 Å². The molecule has 0 bridgehead atoms. The van der Waals surface area contributed by atoms with Crippen LogP contribution in [0.5, 0.6) is 0 Å². The average Bonchev–Trinajstić information content (AvgIpc) is 3.19. The van der Waals surface area contributed by atoms with Crippen LogP contribution >= 0.6 is 0 Å². The maximum absolute atomic E-state index is 12.3. The SMILES string of the molecule is CC(=O)N(CC(=O)NCc1ccco1)c1ccccc1N1CCOCC1. The highest BCUT2D eigenvalue weighted by atomic mass is 16.5. The zero-order valence-electron chi connectivity index (χ0n) is 14.8. The lowest BCUT2D eigenvalue weighted by atomic mass is 10.2. The van der Waals surface area contributed by atoms with Crippen LogP contribution in [0.1, 0.15) is 12.7 Å². The van der Waals surface area contributed by atoms with Gasteiger partial charge < -0.3 is 24.3 Å². The Morgan fingerprint density at radius 1 is 1.15 bits per heavy atom. The third-order valence-corrected chi connectivity index (χ3v) is 4.25. The van der Waals surface area contributed by atoms with Crippen molar-refractivity contribution in [2.24, 2.45) is 0 Å². The van der Waals surface area contributed by atoms with E-state index in [-0.39, 0.29) is 18.4 Å². The van der Waals surface area contributed by atoms with Crippen molar-refractivity contribution in [1.82, 2.24) is 5.32 Å². The molecule has 138 valence electrons. The number of carbonyl (C=O) groups is 2. The normalized spacial score (nSPS) is 14.1. The van der Waals surface area contributed by atoms with Gasteiger partial charge in [-0.05, 0) is 24.3 Å². The van der Waals surface area contributed by atoms with E-state index >= 15 is 0 Å². The molecule has 0 saturated carbocycles. The fraction of sp³-hybridized carbons (Fsp3) is 0.368. The van der Waals surface area contributed by atoms with Crippen LogP contribution in [-0.4, -0.2) is 44.7 Å². The van der Waals surface area contributed by atoms with Crippen LogP contribution in [0.3, 0.4) is 0 Å². The third-order valence-electron chi connectivity index (χ3n) is 4.25. The van der Waals surface area contributed by atoms with Crippen molar-refractivity contribution in [3.8, 4) is 0 Å². The predicted octanol–water partition coefficient (Wildman–Crippen LogP) is 1.79. The summed E-state index contributed by atoms with van der Waals surface area (Å²) in [6, 6.07) is 11.2. The van der Waals surface area contributed by atoms with E-state index in [1.807, 2.05) is 24.3 Å². The fourth-order valence-electron chi connectivity index (χ4n) is 2.93. The second-order valence-corrected chi connectivity index (χ2v) is 6.05. The molecule has 1 aromatic carbocycles. The van der Waals surface area contributed by atoms with Crippen LogP contribution in [0.4, 0.5) is 11.4 Å². The monoisotopic (exact) mass is 357 g/mol. The molecule has 7 heteroatoms. The van der Waals surface area contributed by atoms with Gasteiger partial charge in [0.05, 0.1) is 37.4 Å². The van der Waals surface area contributed by atoms with Crippen LogP contribution in [-0.2, 0) is 20.9 Å². The van der Waals surface area contributed by atoms with Gasteiger partial charge in [-0.25, -0.2) is 0 Å². The second kappa shape index (κ2) is 8.53. The molecule has 1 N–H and O–H groups in total. The van der Waals surface area contributed by atoms with Gasteiger partial charge in [0.25, 0.3) is 0 Å². The van der Waals surface area contributed by atoms with Gasteiger partial charge in [-0.3, -0.25) is 9.59 Å². The van der Waals surface area contributed by atoms with Gasteiger partial charge in [0.1, 0.15) is 12.3 Å². The smallest absolute Gasteiger partial charge is 0.240 e. The minimum Gasteiger partial charge on any atom is -0.467 e. The van der Waals surface area contributed by atoms with E-state index in [0.717, 1.165) is 24.5 Å². The molecule has 1 aliphatic rings. The molecule has 0 spiro atoms. The molecule has 7 nitrogen and oxygen atoms in total. The van der Waals surface area contributed by atoms with Crippen LogP contribution in [0.2, 0.25) is 0 Å². The first kappa shape index (κ1) is 18.0. The zero-order chi connectivity index (χ0) is 18.4. The van der Waals surface area contributed by atoms with E-state index in [1.165, 1.54) is 11.8 Å². The quantitative estimate of drug-likeness (QED) is 0.853. The highest BCUT2D eigenvalue weighted by molar-refractivity contribution is 6.00. The van der Waals surface area contributed by atoms with Gasteiger partial charge >= 0.3 is 0 Å². The Morgan fingerprint density at radius 3 is 2.62 bits per heavy atom. The van der Waals surface area contributed by atoms with Crippen LogP contribution in [0.15, 0.2) is 47.1 Å². The van der Waals surface area contributed by atoms with Crippen LogP contribution in [0, 0.1) is 0 Å². The van der Waals surface area contributed by atoms with Gasteiger partial charge in [-0.15, -0.1) is 0 Å². The number of hydrogen-bond acceptors (Lipinski definition) is 5. The lowest BCUT2D eigenvalue weighted by Crippen LogP contribution is -2.42. The molecular formula is C19H23N3O4. The molecule has 26 heavy (non-hydrogen) atoms. The Morgan fingerprint density at radius 2 is 1.92 bits per heavy atom. The maximum Gasteiger partial charge on any atom is 0.240 e. The first-order valence-electron chi connectivity index (χ1n) is 8.64. The van der Waals surface area contributed by atoms with Crippen LogP contribution in [0.25, 0.3) is 0 Å². The number of carbonyl (C=O) groups excluding carboxylic acids is 2. The summed E-state index contributed by atoms with van der Waals surface area (Å²) < 4.78 is 10.6. The first-order valence-corrected chi connectivity index (χ1v) is 8.64. The molecule has 0 unspecified atom stereocenters. The number of amides is 2. The van der Waals surface area contributed by atoms with Crippen molar-refractivity contribution in [1.29, 1.82) is 0 Å². The molecule has 1 aromatic heterocycles. The number of rotatable bonds is 6. The standard InChI is InChI=1S/C19H23N3O4/c1-15(23)22(14-19(24)20-13-16-5-4-10-26-16)18-7-3-2-6-17(18)21-8-11-25-12-9-21/h2-7,10H,8-9,11-14H2,1H3,(H,20,24). The minimum atomic E-state index is -0.242. The molecule has 1 fully saturated rings. The summed E-state index contributed by atoms with van der Waals surface area (Å²) in [6.07, 6.45) is 1.56. The zero-order valence-corrected chi connectivity index (χ0v) is 14.8.